The molecule has 30 heavy (non-hydrogen) atoms. The molecule has 2 aliphatic heterocycles. The van der Waals surface area contributed by atoms with Gasteiger partial charge >= 0.3 is 7.12 Å². The Morgan fingerprint density at radius 1 is 1.30 bits per heavy atom. The molecule has 0 spiro atoms. The summed E-state index contributed by atoms with van der Waals surface area (Å²) in [6.45, 7) is 8.80. The van der Waals surface area contributed by atoms with Crippen molar-refractivity contribution in [2.45, 2.75) is 69.4 Å². The number of hydrogen-bond acceptors (Lipinski definition) is 8. The first-order valence-corrected chi connectivity index (χ1v) is 11.5. The van der Waals surface area contributed by atoms with Crippen LogP contribution in [0, 0.1) is 5.92 Å². The summed E-state index contributed by atoms with van der Waals surface area (Å²) in [5.74, 6) is 0.854. The second-order valence-electron chi connectivity index (χ2n) is 9.02. The van der Waals surface area contributed by atoms with Gasteiger partial charge in [0.25, 0.3) is 5.91 Å². The van der Waals surface area contributed by atoms with Crippen LogP contribution in [-0.2, 0) is 14.1 Å². The molecule has 3 rings (SSSR count). The van der Waals surface area contributed by atoms with Crippen molar-refractivity contribution < 1.29 is 24.3 Å². The van der Waals surface area contributed by atoms with Gasteiger partial charge in [-0.3, -0.25) is 4.79 Å². The van der Waals surface area contributed by atoms with Crippen LogP contribution in [-0.4, -0.2) is 80.9 Å². The molecule has 8 nitrogen and oxygen atoms in total. The van der Waals surface area contributed by atoms with Gasteiger partial charge in [-0.2, -0.15) is 0 Å². The molecule has 0 saturated carbocycles. The lowest BCUT2D eigenvalue weighted by atomic mass is 9.81. The highest BCUT2D eigenvalue weighted by Crippen LogP contribution is 2.36. The minimum Gasteiger partial charge on any atom is -0.399 e. The van der Waals surface area contributed by atoms with E-state index in [0.29, 0.717) is 24.2 Å². The second-order valence-corrected chi connectivity index (χ2v) is 10.1. The molecule has 1 aromatic rings. The van der Waals surface area contributed by atoms with Crippen LogP contribution in [0.2, 0.25) is 0 Å². The first kappa shape index (κ1) is 23.5. The maximum atomic E-state index is 12.1. The highest BCUT2D eigenvalue weighted by Gasteiger charge is 2.51. The van der Waals surface area contributed by atoms with E-state index >= 15 is 0 Å². The SMILES string of the molecule is CC1(C)OB(c2cnc(SCC[C@@H]3CCCN(C(=O)[C@@H](O)CO)C3)nc2)OC1(C)C. The molecule has 0 aromatic carbocycles. The zero-order valence-electron chi connectivity index (χ0n) is 18.2. The van der Waals surface area contributed by atoms with Crippen molar-refractivity contribution in [3.8, 4) is 0 Å². The molecular weight excluding hydrogens is 405 g/mol. The van der Waals surface area contributed by atoms with Crippen LogP contribution < -0.4 is 5.46 Å². The topological polar surface area (TPSA) is 105 Å². The van der Waals surface area contributed by atoms with Crippen LogP contribution in [0.15, 0.2) is 17.6 Å². The smallest absolute Gasteiger partial charge is 0.399 e. The van der Waals surface area contributed by atoms with Crippen LogP contribution in [0.25, 0.3) is 0 Å². The van der Waals surface area contributed by atoms with Crippen molar-refractivity contribution in [2.24, 2.45) is 5.92 Å². The zero-order chi connectivity index (χ0) is 21.9. The molecule has 2 saturated heterocycles. The number of rotatable bonds is 7. The molecule has 3 heterocycles. The Balaban J connectivity index is 1.46. The number of hydrogen-bond donors (Lipinski definition) is 2. The summed E-state index contributed by atoms with van der Waals surface area (Å²) in [5.41, 5.74) is 0.0168. The molecule has 1 amide bonds. The van der Waals surface area contributed by atoms with Gasteiger partial charge in [0, 0.05) is 36.7 Å². The molecule has 2 atom stereocenters. The monoisotopic (exact) mass is 437 g/mol. The van der Waals surface area contributed by atoms with Gasteiger partial charge in [0.15, 0.2) is 11.3 Å². The van der Waals surface area contributed by atoms with E-state index in [0.717, 1.165) is 30.5 Å². The number of carbonyl (C=O) groups excluding carboxylic acids is 1. The largest absolute Gasteiger partial charge is 0.498 e. The molecule has 0 aliphatic carbocycles. The Bertz CT molecular complexity index is 718. The number of thioether (sulfide) groups is 1. The third-order valence-corrected chi connectivity index (χ3v) is 7.13. The van der Waals surface area contributed by atoms with Gasteiger partial charge in [0.2, 0.25) is 0 Å². The first-order chi connectivity index (χ1) is 14.1. The Morgan fingerprint density at radius 2 is 1.93 bits per heavy atom. The molecule has 10 heteroatoms. The second kappa shape index (κ2) is 9.52. The fourth-order valence-corrected chi connectivity index (χ4v) is 4.50. The van der Waals surface area contributed by atoms with Crippen LogP contribution in [0.5, 0.6) is 0 Å². The molecule has 166 valence electrons. The lowest BCUT2D eigenvalue weighted by Crippen LogP contribution is -2.46. The summed E-state index contributed by atoms with van der Waals surface area (Å²) in [6, 6.07) is 0. The van der Waals surface area contributed by atoms with Crippen LogP contribution in [0.4, 0.5) is 0 Å². The molecule has 0 bridgehead atoms. The van der Waals surface area contributed by atoms with Gasteiger partial charge in [-0.1, -0.05) is 11.8 Å². The summed E-state index contributed by atoms with van der Waals surface area (Å²) in [7, 11) is -0.464. The third kappa shape index (κ3) is 5.34. The molecular formula is C20H32BN3O5S. The molecule has 2 aliphatic rings. The molecule has 1 aromatic heterocycles. The number of likely N-dealkylation sites (tertiary alicyclic amines) is 1. The van der Waals surface area contributed by atoms with E-state index in [4.69, 9.17) is 14.4 Å². The highest BCUT2D eigenvalue weighted by atomic mass is 32.2. The fourth-order valence-electron chi connectivity index (χ4n) is 3.61. The minimum atomic E-state index is -1.31. The van der Waals surface area contributed by atoms with Crippen LogP contribution >= 0.6 is 11.8 Å². The normalized spacial score (nSPS) is 24.1. The van der Waals surface area contributed by atoms with Gasteiger partial charge in [-0.25, -0.2) is 9.97 Å². The van der Waals surface area contributed by atoms with E-state index in [1.54, 1.807) is 29.1 Å². The van der Waals surface area contributed by atoms with E-state index in [1.165, 1.54) is 0 Å². The van der Waals surface area contributed by atoms with Crippen molar-refractivity contribution in [1.82, 2.24) is 14.9 Å². The number of carbonyl (C=O) groups is 1. The van der Waals surface area contributed by atoms with Crippen molar-refractivity contribution >= 4 is 30.3 Å². The van der Waals surface area contributed by atoms with Gasteiger partial charge in [-0.05, 0) is 52.9 Å². The number of aromatic nitrogens is 2. The van der Waals surface area contributed by atoms with Gasteiger partial charge in [0.05, 0.1) is 17.8 Å². The number of amides is 1. The van der Waals surface area contributed by atoms with Crippen LogP contribution in [0.3, 0.4) is 0 Å². The molecule has 2 N–H and O–H groups in total. The van der Waals surface area contributed by atoms with Crippen molar-refractivity contribution in [2.75, 3.05) is 25.4 Å². The minimum absolute atomic E-state index is 0.378. The van der Waals surface area contributed by atoms with Crippen molar-refractivity contribution in [1.29, 1.82) is 0 Å². The Labute approximate surface area is 182 Å². The molecule has 0 unspecified atom stereocenters. The maximum Gasteiger partial charge on any atom is 0.498 e. The summed E-state index contributed by atoms with van der Waals surface area (Å²) < 4.78 is 12.1. The Morgan fingerprint density at radius 3 is 2.53 bits per heavy atom. The van der Waals surface area contributed by atoms with Gasteiger partial charge in [0.1, 0.15) is 0 Å². The number of piperidine rings is 1. The fraction of sp³-hybridized carbons (Fsp3) is 0.750. The van der Waals surface area contributed by atoms with Crippen LogP contribution in [0.1, 0.15) is 47.0 Å². The maximum absolute atomic E-state index is 12.1. The highest BCUT2D eigenvalue weighted by molar-refractivity contribution is 7.99. The standard InChI is InChI=1S/C20H32BN3O5S/c1-19(2)20(3,4)29-21(28-19)15-10-22-18(23-11-15)30-9-7-14-6-5-8-24(12-14)17(27)16(26)13-25/h10-11,14,16,25-26H,5-9,12-13H2,1-4H3/t14-,16-/m0/s1. The number of nitrogens with zero attached hydrogens (tertiary/aromatic N) is 3. The van der Waals surface area contributed by atoms with E-state index in [-0.39, 0.29) is 5.91 Å². The van der Waals surface area contributed by atoms with E-state index in [2.05, 4.69) is 9.97 Å². The van der Waals surface area contributed by atoms with E-state index < -0.39 is 31.0 Å². The Hall–Kier alpha value is -1.20. The number of aliphatic hydroxyl groups excluding tert-OH is 2. The van der Waals surface area contributed by atoms with E-state index in [1.807, 2.05) is 27.7 Å². The average molecular weight is 437 g/mol. The lowest BCUT2D eigenvalue weighted by molar-refractivity contribution is -0.144. The predicted molar refractivity (Wildman–Crippen MR) is 115 cm³/mol. The average Bonchev–Trinajstić information content (AvgIpc) is 2.94. The van der Waals surface area contributed by atoms with Crippen molar-refractivity contribution in [3.05, 3.63) is 12.4 Å². The summed E-state index contributed by atoms with van der Waals surface area (Å²) in [4.78, 5) is 22.6. The quantitative estimate of drug-likeness (QED) is 0.368. The first-order valence-electron chi connectivity index (χ1n) is 10.5. The predicted octanol–water partition coefficient (Wildman–Crippen LogP) is 0.850. The molecule has 2 fully saturated rings. The van der Waals surface area contributed by atoms with E-state index in [9.17, 15) is 9.90 Å². The summed E-state index contributed by atoms with van der Waals surface area (Å²) in [6.07, 6.45) is 5.11. The third-order valence-electron chi connectivity index (χ3n) is 6.22. The van der Waals surface area contributed by atoms with Crippen molar-refractivity contribution in [3.63, 3.8) is 0 Å². The summed E-state index contributed by atoms with van der Waals surface area (Å²) in [5, 5.41) is 19.3. The number of aliphatic hydroxyl groups is 2. The van der Waals surface area contributed by atoms with Gasteiger partial charge < -0.3 is 24.4 Å². The Kier molecular flexibility index (Phi) is 7.45. The van der Waals surface area contributed by atoms with Gasteiger partial charge in [-0.15, -0.1) is 0 Å². The summed E-state index contributed by atoms with van der Waals surface area (Å²) >= 11 is 1.59. The lowest BCUT2D eigenvalue weighted by Gasteiger charge is -2.33. The molecule has 0 radical (unpaired) electrons. The zero-order valence-corrected chi connectivity index (χ0v) is 19.0.